The van der Waals surface area contributed by atoms with Crippen molar-refractivity contribution in [1.82, 2.24) is 4.31 Å². The number of benzene rings is 1. The van der Waals surface area contributed by atoms with E-state index in [0.717, 1.165) is 0 Å². The molecule has 0 fully saturated rings. The van der Waals surface area contributed by atoms with Crippen molar-refractivity contribution in [2.45, 2.75) is 19.9 Å². The quantitative estimate of drug-likeness (QED) is 0.834. The highest BCUT2D eigenvalue weighted by Crippen LogP contribution is 2.28. The van der Waals surface area contributed by atoms with Crippen LogP contribution in [0.2, 0.25) is 0 Å². The van der Waals surface area contributed by atoms with E-state index < -0.39 is 10.2 Å². The molecule has 0 aliphatic rings. The van der Waals surface area contributed by atoms with Gasteiger partial charge in [0, 0.05) is 17.6 Å². The lowest BCUT2D eigenvalue weighted by molar-refractivity contribution is 0.413. The maximum absolute atomic E-state index is 11.9. The Hall–Kier alpha value is -0.790. The van der Waals surface area contributed by atoms with E-state index in [9.17, 15) is 13.5 Å². The molecular formula is C10H15BrN2O3S. The normalized spacial score (nSPS) is 12.1. The molecule has 1 aromatic carbocycles. The molecule has 2 N–H and O–H groups in total. The standard InChI is InChI=1S/C10H15BrN2O3S/c1-7(2)13(3)17(15,16)12-9-5-4-8(11)6-10(9)14/h4-7,12,14H,1-3H3. The molecule has 0 aromatic heterocycles. The number of phenolic OH excluding ortho intramolecular Hbond substituents is 1. The molecule has 5 nitrogen and oxygen atoms in total. The van der Waals surface area contributed by atoms with Gasteiger partial charge in [-0.05, 0) is 32.0 Å². The Morgan fingerprint density at radius 1 is 1.41 bits per heavy atom. The third-order valence-electron chi connectivity index (χ3n) is 2.31. The number of anilines is 1. The number of hydrogen-bond donors (Lipinski definition) is 2. The van der Waals surface area contributed by atoms with Crippen LogP contribution in [0.4, 0.5) is 5.69 Å². The highest BCUT2D eigenvalue weighted by Gasteiger charge is 2.21. The van der Waals surface area contributed by atoms with Gasteiger partial charge in [0.05, 0.1) is 5.69 Å². The molecule has 0 saturated carbocycles. The fourth-order valence-corrected chi connectivity index (χ4v) is 2.58. The van der Waals surface area contributed by atoms with Gasteiger partial charge in [0.1, 0.15) is 5.75 Å². The SMILES string of the molecule is CC(C)N(C)S(=O)(=O)Nc1ccc(Br)cc1O. The van der Waals surface area contributed by atoms with Crippen LogP contribution in [-0.4, -0.2) is 30.9 Å². The highest BCUT2D eigenvalue weighted by molar-refractivity contribution is 9.10. The van der Waals surface area contributed by atoms with Crippen molar-refractivity contribution in [2.75, 3.05) is 11.8 Å². The highest BCUT2D eigenvalue weighted by atomic mass is 79.9. The maximum atomic E-state index is 11.9. The van der Waals surface area contributed by atoms with Crippen LogP contribution in [0, 0.1) is 0 Å². The van der Waals surface area contributed by atoms with Gasteiger partial charge in [-0.25, -0.2) is 0 Å². The predicted molar refractivity (Wildman–Crippen MR) is 71.2 cm³/mol. The maximum Gasteiger partial charge on any atom is 0.301 e. The van der Waals surface area contributed by atoms with E-state index in [4.69, 9.17) is 0 Å². The van der Waals surface area contributed by atoms with Gasteiger partial charge in [-0.2, -0.15) is 12.7 Å². The van der Waals surface area contributed by atoms with E-state index >= 15 is 0 Å². The average molecular weight is 323 g/mol. The fraction of sp³-hybridized carbons (Fsp3) is 0.400. The van der Waals surface area contributed by atoms with Crippen LogP contribution in [0.5, 0.6) is 5.75 Å². The molecule has 0 bridgehead atoms. The van der Waals surface area contributed by atoms with Crippen molar-refractivity contribution in [3.8, 4) is 5.75 Å². The zero-order valence-corrected chi connectivity index (χ0v) is 12.2. The average Bonchev–Trinajstić information content (AvgIpc) is 2.21. The summed E-state index contributed by atoms with van der Waals surface area (Å²) in [6.07, 6.45) is 0. The lowest BCUT2D eigenvalue weighted by Gasteiger charge is -2.22. The van der Waals surface area contributed by atoms with Crippen molar-refractivity contribution in [3.63, 3.8) is 0 Å². The zero-order valence-electron chi connectivity index (χ0n) is 9.81. The van der Waals surface area contributed by atoms with E-state index in [0.29, 0.717) is 4.47 Å². The Labute approximate surface area is 110 Å². The van der Waals surface area contributed by atoms with Crippen LogP contribution < -0.4 is 4.72 Å². The molecule has 0 spiro atoms. The van der Waals surface area contributed by atoms with Crippen LogP contribution in [0.25, 0.3) is 0 Å². The second-order valence-corrected chi connectivity index (χ2v) is 6.52. The monoisotopic (exact) mass is 322 g/mol. The molecule has 1 aromatic rings. The van der Waals surface area contributed by atoms with Crippen LogP contribution in [0.15, 0.2) is 22.7 Å². The molecule has 96 valence electrons. The van der Waals surface area contributed by atoms with Gasteiger partial charge < -0.3 is 5.11 Å². The van der Waals surface area contributed by atoms with E-state index in [2.05, 4.69) is 20.7 Å². The van der Waals surface area contributed by atoms with Crippen LogP contribution in [-0.2, 0) is 10.2 Å². The number of nitrogens with zero attached hydrogens (tertiary/aromatic N) is 1. The van der Waals surface area contributed by atoms with Crippen molar-refractivity contribution in [2.24, 2.45) is 0 Å². The minimum atomic E-state index is -3.64. The summed E-state index contributed by atoms with van der Waals surface area (Å²) in [5, 5.41) is 9.60. The first kappa shape index (κ1) is 14.3. The van der Waals surface area contributed by atoms with Crippen LogP contribution >= 0.6 is 15.9 Å². The summed E-state index contributed by atoms with van der Waals surface area (Å²) in [7, 11) is -2.16. The molecular weight excluding hydrogens is 308 g/mol. The van der Waals surface area contributed by atoms with Crippen molar-refractivity contribution in [3.05, 3.63) is 22.7 Å². The van der Waals surface area contributed by atoms with Crippen LogP contribution in [0.3, 0.4) is 0 Å². The summed E-state index contributed by atoms with van der Waals surface area (Å²) in [5.74, 6) is -0.125. The largest absolute Gasteiger partial charge is 0.506 e. The third kappa shape index (κ3) is 3.58. The topological polar surface area (TPSA) is 69.6 Å². The molecule has 0 heterocycles. The fourth-order valence-electron chi connectivity index (χ4n) is 1.08. The summed E-state index contributed by atoms with van der Waals surface area (Å²) in [5.41, 5.74) is 0.153. The van der Waals surface area contributed by atoms with E-state index in [-0.39, 0.29) is 17.5 Å². The van der Waals surface area contributed by atoms with Gasteiger partial charge >= 0.3 is 10.2 Å². The van der Waals surface area contributed by atoms with Gasteiger partial charge in [-0.3, -0.25) is 4.72 Å². The van der Waals surface area contributed by atoms with Gasteiger partial charge in [0.25, 0.3) is 0 Å². The summed E-state index contributed by atoms with van der Waals surface area (Å²) in [6, 6.07) is 4.40. The zero-order chi connectivity index (χ0) is 13.2. The first-order valence-electron chi connectivity index (χ1n) is 4.98. The Balaban J connectivity index is 2.98. The van der Waals surface area contributed by atoms with Crippen LogP contribution in [0.1, 0.15) is 13.8 Å². The second kappa shape index (κ2) is 5.24. The van der Waals surface area contributed by atoms with E-state index in [1.807, 2.05) is 0 Å². The molecule has 7 heteroatoms. The van der Waals surface area contributed by atoms with Crippen molar-refractivity contribution >= 4 is 31.8 Å². The molecule has 0 atom stereocenters. The number of halogens is 1. The number of nitrogens with one attached hydrogen (secondary N) is 1. The lowest BCUT2D eigenvalue weighted by atomic mass is 10.3. The summed E-state index contributed by atoms with van der Waals surface area (Å²) >= 11 is 3.18. The summed E-state index contributed by atoms with van der Waals surface area (Å²) in [6.45, 7) is 3.53. The minimum absolute atomic E-state index is 0.125. The molecule has 17 heavy (non-hydrogen) atoms. The number of hydrogen-bond acceptors (Lipinski definition) is 3. The number of aromatic hydroxyl groups is 1. The third-order valence-corrected chi connectivity index (χ3v) is 4.46. The summed E-state index contributed by atoms with van der Waals surface area (Å²) < 4.78 is 27.9. The Bertz CT molecular complexity index is 502. The first-order valence-corrected chi connectivity index (χ1v) is 7.21. The summed E-state index contributed by atoms with van der Waals surface area (Å²) in [4.78, 5) is 0. The Morgan fingerprint density at radius 3 is 2.47 bits per heavy atom. The van der Waals surface area contributed by atoms with E-state index in [1.165, 1.54) is 23.5 Å². The molecule has 0 unspecified atom stereocenters. The van der Waals surface area contributed by atoms with Gasteiger partial charge in [-0.15, -0.1) is 0 Å². The Morgan fingerprint density at radius 2 is 2.00 bits per heavy atom. The van der Waals surface area contributed by atoms with Gasteiger partial charge in [-0.1, -0.05) is 15.9 Å². The second-order valence-electron chi connectivity index (χ2n) is 3.88. The van der Waals surface area contributed by atoms with Gasteiger partial charge in [0.15, 0.2) is 0 Å². The molecule has 1 rings (SSSR count). The predicted octanol–water partition coefficient (Wildman–Crippen LogP) is 2.15. The molecule has 0 aliphatic heterocycles. The molecule has 0 aliphatic carbocycles. The smallest absolute Gasteiger partial charge is 0.301 e. The first-order chi connectivity index (χ1) is 7.74. The number of phenols is 1. The number of rotatable bonds is 4. The lowest BCUT2D eigenvalue weighted by Crippen LogP contribution is -2.37. The van der Waals surface area contributed by atoms with Crippen molar-refractivity contribution < 1.29 is 13.5 Å². The Kier molecular flexibility index (Phi) is 4.40. The van der Waals surface area contributed by atoms with Crippen molar-refractivity contribution in [1.29, 1.82) is 0 Å². The molecule has 0 saturated heterocycles. The van der Waals surface area contributed by atoms with E-state index in [1.54, 1.807) is 19.9 Å². The molecule has 0 amide bonds. The minimum Gasteiger partial charge on any atom is -0.506 e. The molecule has 0 radical (unpaired) electrons. The van der Waals surface area contributed by atoms with Gasteiger partial charge in [0.2, 0.25) is 0 Å².